The van der Waals surface area contributed by atoms with E-state index in [2.05, 4.69) is 61.0 Å². The van der Waals surface area contributed by atoms with Gasteiger partial charge in [0.1, 0.15) is 0 Å². The summed E-state index contributed by atoms with van der Waals surface area (Å²) in [5.74, 6) is 0.208. The lowest BCUT2D eigenvalue weighted by atomic mass is 9.95. The Bertz CT molecular complexity index is 1000. The lowest BCUT2D eigenvalue weighted by molar-refractivity contribution is -0.133. The number of benzene rings is 2. The summed E-state index contributed by atoms with van der Waals surface area (Å²) < 4.78 is 0. The summed E-state index contributed by atoms with van der Waals surface area (Å²) in [5, 5.41) is 10.7. The second kappa shape index (κ2) is 14.0. The van der Waals surface area contributed by atoms with Gasteiger partial charge in [0, 0.05) is 43.2 Å². The zero-order valence-corrected chi connectivity index (χ0v) is 22.9. The Kier molecular flexibility index (Phi) is 11.1. The largest absolute Gasteiger partial charge is 0.350 e. The third-order valence-electron chi connectivity index (χ3n) is 6.68. The summed E-state index contributed by atoms with van der Waals surface area (Å²) in [6.07, 6.45) is 2.41. The first-order chi connectivity index (χ1) is 17.3. The van der Waals surface area contributed by atoms with Gasteiger partial charge in [-0.15, -0.1) is 0 Å². The molecule has 0 saturated carbocycles. The van der Waals surface area contributed by atoms with Crippen molar-refractivity contribution in [1.29, 1.82) is 0 Å². The molecule has 0 bridgehead atoms. The number of hydrogen-bond acceptors (Lipinski definition) is 4. The number of hydrogen-bond donors (Lipinski definition) is 3. The van der Waals surface area contributed by atoms with Crippen LogP contribution < -0.4 is 16.0 Å². The predicted molar refractivity (Wildman–Crippen MR) is 148 cm³/mol. The van der Waals surface area contributed by atoms with Crippen molar-refractivity contribution in [2.45, 2.75) is 64.1 Å². The second-order valence-corrected chi connectivity index (χ2v) is 10.6. The maximum absolute atomic E-state index is 13.6. The Labute approximate surface area is 225 Å². The molecule has 2 aromatic rings. The van der Waals surface area contributed by atoms with Crippen molar-refractivity contribution in [3.63, 3.8) is 0 Å². The molecule has 0 aliphatic carbocycles. The van der Waals surface area contributed by atoms with Crippen molar-refractivity contribution >= 4 is 35.0 Å². The first-order valence-corrected chi connectivity index (χ1v) is 13.6. The van der Waals surface area contributed by atoms with Crippen LogP contribution in [0.5, 0.6) is 0 Å². The van der Waals surface area contributed by atoms with Crippen molar-refractivity contribution in [3.05, 3.63) is 69.7 Å². The van der Waals surface area contributed by atoms with Crippen molar-refractivity contribution in [3.8, 4) is 0 Å². The van der Waals surface area contributed by atoms with Crippen LogP contribution in [-0.4, -0.2) is 61.0 Å². The number of carbonyl (C=O) groups excluding carboxylic acids is 2. The molecule has 3 unspecified atom stereocenters. The van der Waals surface area contributed by atoms with Crippen molar-refractivity contribution in [2.24, 2.45) is 0 Å². The molecule has 1 fully saturated rings. The number of nitrogens with one attached hydrogen (secondary N) is 3. The number of rotatable bonds is 11. The summed E-state index contributed by atoms with van der Waals surface area (Å²) >= 11 is 12.1. The van der Waals surface area contributed by atoms with Gasteiger partial charge in [0.25, 0.3) is 5.91 Å². The zero-order chi connectivity index (χ0) is 26.1. The zero-order valence-electron chi connectivity index (χ0n) is 21.4. The smallest absolute Gasteiger partial charge is 0.251 e. The Morgan fingerprint density at radius 2 is 1.89 bits per heavy atom. The predicted octanol–water partition coefficient (Wildman–Crippen LogP) is 4.86. The molecular formula is C28H38Cl2N4O2. The van der Waals surface area contributed by atoms with Crippen LogP contribution in [0.3, 0.4) is 0 Å². The van der Waals surface area contributed by atoms with Crippen molar-refractivity contribution in [1.82, 2.24) is 20.9 Å². The lowest BCUT2D eigenvalue weighted by Crippen LogP contribution is -2.50. The van der Waals surface area contributed by atoms with Crippen LogP contribution in [0, 0.1) is 0 Å². The number of halogens is 2. The van der Waals surface area contributed by atoms with E-state index in [4.69, 9.17) is 23.2 Å². The molecule has 2 amide bonds. The molecule has 3 N–H and O–H groups in total. The minimum absolute atomic E-state index is 0.0217. The molecule has 3 rings (SSSR count). The Morgan fingerprint density at radius 1 is 1.14 bits per heavy atom. The minimum Gasteiger partial charge on any atom is -0.350 e. The minimum atomic E-state index is -0.307. The highest BCUT2D eigenvalue weighted by Crippen LogP contribution is 2.24. The van der Waals surface area contributed by atoms with Crippen LogP contribution in [0.4, 0.5) is 0 Å². The SMILES string of the molecule is CCC(CN1CCC(CNC(=O)c2ccc(Cl)c(Cl)c2)NC(CCNC(C)C)C1=O)c1ccccc1. The Morgan fingerprint density at radius 3 is 2.56 bits per heavy atom. The van der Waals surface area contributed by atoms with Gasteiger partial charge in [-0.3, -0.25) is 9.59 Å². The molecule has 36 heavy (non-hydrogen) atoms. The molecule has 196 valence electrons. The molecule has 2 aromatic carbocycles. The molecule has 3 atom stereocenters. The maximum atomic E-state index is 13.6. The van der Waals surface area contributed by atoms with E-state index >= 15 is 0 Å². The quantitative estimate of drug-likeness (QED) is 0.386. The van der Waals surface area contributed by atoms with E-state index in [0.29, 0.717) is 47.7 Å². The van der Waals surface area contributed by atoms with Crippen LogP contribution in [0.1, 0.15) is 61.9 Å². The molecule has 1 heterocycles. The van der Waals surface area contributed by atoms with E-state index in [9.17, 15) is 9.59 Å². The summed E-state index contributed by atoms with van der Waals surface area (Å²) in [7, 11) is 0. The van der Waals surface area contributed by atoms with Gasteiger partial charge < -0.3 is 20.9 Å². The van der Waals surface area contributed by atoms with Gasteiger partial charge >= 0.3 is 0 Å². The first kappa shape index (κ1) is 28.5. The van der Waals surface area contributed by atoms with E-state index in [-0.39, 0.29) is 29.8 Å². The number of carbonyl (C=O) groups is 2. The standard InChI is InChI=1S/C28H38Cl2N4O2/c1-4-20(21-8-6-5-7-9-21)18-34-15-13-23(33-26(28(34)36)12-14-31-19(2)3)17-32-27(35)22-10-11-24(29)25(30)16-22/h5-11,16,19-20,23,26,31,33H,4,12-15,17-18H2,1-3H3,(H,32,35). The molecule has 6 nitrogen and oxygen atoms in total. The highest BCUT2D eigenvalue weighted by molar-refractivity contribution is 6.42. The highest BCUT2D eigenvalue weighted by Gasteiger charge is 2.32. The molecule has 0 aromatic heterocycles. The average molecular weight is 534 g/mol. The van der Waals surface area contributed by atoms with E-state index in [1.54, 1.807) is 18.2 Å². The van der Waals surface area contributed by atoms with Gasteiger partial charge in [0.05, 0.1) is 16.1 Å². The van der Waals surface area contributed by atoms with Crippen LogP contribution in [0.25, 0.3) is 0 Å². The van der Waals surface area contributed by atoms with Gasteiger partial charge in [-0.05, 0) is 49.6 Å². The molecule has 0 radical (unpaired) electrons. The number of nitrogens with zero attached hydrogens (tertiary/aromatic N) is 1. The Hall–Kier alpha value is -2.12. The van der Waals surface area contributed by atoms with Gasteiger partial charge in [-0.1, -0.05) is 74.3 Å². The molecule has 1 saturated heterocycles. The fourth-order valence-corrected chi connectivity index (χ4v) is 4.86. The van der Waals surface area contributed by atoms with Crippen LogP contribution in [0.2, 0.25) is 10.0 Å². The van der Waals surface area contributed by atoms with E-state index in [1.807, 2.05) is 11.0 Å². The Balaban J connectivity index is 1.68. The topological polar surface area (TPSA) is 73.5 Å². The first-order valence-electron chi connectivity index (χ1n) is 12.8. The summed E-state index contributed by atoms with van der Waals surface area (Å²) in [6.45, 7) is 8.87. The normalized spacial score (nSPS) is 19.3. The molecular weight excluding hydrogens is 495 g/mol. The van der Waals surface area contributed by atoms with Crippen molar-refractivity contribution < 1.29 is 9.59 Å². The monoisotopic (exact) mass is 532 g/mol. The van der Waals surface area contributed by atoms with Gasteiger partial charge in [-0.2, -0.15) is 0 Å². The molecule has 1 aliphatic heterocycles. The summed E-state index contributed by atoms with van der Waals surface area (Å²) in [6, 6.07) is 15.3. The number of amides is 2. The van der Waals surface area contributed by atoms with Crippen molar-refractivity contribution in [2.75, 3.05) is 26.2 Å². The summed E-state index contributed by atoms with van der Waals surface area (Å²) in [4.78, 5) is 28.3. The lowest BCUT2D eigenvalue weighted by Gasteiger charge is -2.29. The van der Waals surface area contributed by atoms with E-state index < -0.39 is 0 Å². The molecule has 1 aliphatic rings. The van der Waals surface area contributed by atoms with Gasteiger partial charge in [-0.25, -0.2) is 0 Å². The van der Waals surface area contributed by atoms with E-state index in [0.717, 1.165) is 19.4 Å². The van der Waals surface area contributed by atoms with E-state index in [1.165, 1.54) is 5.56 Å². The van der Waals surface area contributed by atoms with Gasteiger partial charge in [0.15, 0.2) is 0 Å². The molecule has 0 spiro atoms. The van der Waals surface area contributed by atoms with Crippen LogP contribution >= 0.6 is 23.2 Å². The van der Waals surface area contributed by atoms with Crippen LogP contribution in [-0.2, 0) is 4.79 Å². The van der Waals surface area contributed by atoms with Gasteiger partial charge in [0.2, 0.25) is 5.91 Å². The fraction of sp³-hybridized carbons (Fsp3) is 0.500. The molecule has 8 heteroatoms. The van der Waals surface area contributed by atoms with Crippen LogP contribution in [0.15, 0.2) is 48.5 Å². The summed E-state index contributed by atoms with van der Waals surface area (Å²) in [5.41, 5.74) is 1.72. The third kappa shape index (κ3) is 8.20. The highest BCUT2D eigenvalue weighted by atomic mass is 35.5. The fourth-order valence-electron chi connectivity index (χ4n) is 4.56. The second-order valence-electron chi connectivity index (χ2n) is 9.74. The third-order valence-corrected chi connectivity index (χ3v) is 7.41. The maximum Gasteiger partial charge on any atom is 0.251 e. The average Bonchev–Trinajstić information content (AvgIpc) is 3.01.